The van der Waals surface area contributed by atoms with Gasteiger partial charge < -0.3 is 19.8 Å². The third kappa shape index (κ3) is 5.77. The summed E-state index contributed by atoms with van der Waals surface area (Å²) in [4.78, 5) is 15.7. The Hall–Kier alpha value is -1.98. The zero-order valence-electron chi connectivity index (χ0n) is 12.3. The van der Waals surface area contributed by atoms with Gasteiger partial charge in [-0.3, -0.25) is 9.79 Å². The molecular weight excluding hydrogens is 258 g/mol. The molecule has 0 radical (unpaired) electrons. The van der Waals surface area contributed by atoms with E-state index in [0.29, 0.717) is 19.0 Å². The third-order valence-electron chi connectivity index (χ3n) is 2.71. The molecule has 112 valence electrons. The van der Waals surface area contributed by atoms with E-state index in [0.717, 1.165) is 18.7 Å². The number of carbonyl (C=O) groups excluding carboxylic acids is 1. The van der Waals surface area contributed by atoms with E-state index in [-0.39, 0.29) is 11.9 Å². The number of esters is 1. The zero-order valence-corrected chi connectivity index (χ0v) is 12.3. The minimum atomic E-state index is -0.250. The molecule has 0 fully saturated rings. The fourth-order valence-electron chi connectivity index (χ4n) is 1.60. The SMILES string of the molecule is CCNC(=NCC(C)C(=O)OC)NCCc1ccco1. The monoisotopic (exact) mass is 281 g/mol. The molecule has 1 heterocycles. The van der Waals surface area contributed by atoms with E-state index in [1.54, 1.807) is 13.2 Å². The summed E-state index contributed by atoms with van der Waals surface area (Å²) in [6.45, 7) is 5.66. The molecule has 1 unspecified atom stereocenters. The Morgan fingerprint density at radius 1 is 1.50 bits per heavy atom. The molecule has 0 saturated heterocycles. The maximum atomic E-state index is 11.3. The molecule has 0 amide bonds. The van der Waals surface area contributed by atoms with Crippen molar-refractivity contribution >= 4 is 11.9 Å². The minimum absolute atomic E-state index is 0.250. The highest BCUT2D eigenvalue weighted by molar-refractivity contribution is 5.80. The summed E-state index contributed by atoms with van der Waals surface area (Å²) in [6.07, 6.45) is 2.44. The van der Waals surface area contributed by atoms with Gasteiger partial charge in [-0.15, -0.1) is 0 Å². The number of carbonyl (C=O) groups is 1. The van der Waals surface area contributed by atoms with Gasteiger partial charge in [0.2, 0.25) is 0 Å². The number of hydrogen-bond acceptors (Lipinski definition) is 4. The number of rotatable bonds is 7. The number of methoxy groups -OCH3 is 1. The Morgan fingerprint density at radius 2 is 2.30 bits per heavy atom. The first kappa shape index (κ1) is 16.1. The van der Waals surface area contributed by atoms with E-state index < -0.39 is 0 Å². The van der Waals surface area contributed by atoms with Crippen LogP contribution in [0.1, 0.15) is 19.6 Å². The molecule has 6 heteroatoms. The van der Waals surface area contributed by atoms with Crippen LogP contribution in [0.3, 0.4) is 0 Å². The van der Waals surface area contributed by atoms with Crippen molar-refractivity contribution in [2.75, 3.05) is 26.7 Å². The van der Waals surface area contributed by atoms with Gasteiger partial charge in [0.05, 0.1) is 25.8 Å². The predicted molar refractivity (Wildman–Crippen MR) is 77.6 cm³/mol. The minimum Gasteiger partial charge on any atom is -0.469 e. The van der Waals surface area contributed by atoms with E-state index in [2.05, 4.69) is 20.4 Å². The van der Waals surface area contributed by atoms with Gasteiger partial charge in [-0.1, -0.05) is 6.92 Å². The summed E-state index contributed by atoms with van der Waals surface area (Å²) in [7, 11) is 1.38. The first-order chi connectivity index (χ1) is 9.67. The molecule has 0 bridgehead atoms. The fourth-order valence-corrected chi connectivity index (χ4v) is 1.60. The van der Waals surface area contributed by atoms with Crippen LogP contribution in [0.15, 0.2) is 27.8 Å². The molecule has 1 atom stereocenters. The number of hydrogen-bond donors (Lipinski definition) is 2. The number of guanidine groups is 1. The molecule has 1 rings (SSSR count). The van der Waals surface area contributed by atoms with Crippen LogP contribution in [0, 0.1) is 5.92 Å². The van der Waals surface area contributed by atoms with Crippen LogP contribution in [0.5, 0.6) is 0 Å². The molecule has 0 aliphatic carbocycles. The number of furan rings is 1. The molecular formula is C14H23N3O3. The van der Waals surface area contributed by atoms with Gasteiger partial charge in [0.25, 0.3) is 0 Å². The second-order valence-electron chi connectivity index (χ2n) is 4.40. The Kier molecular flexibility index (Phi) is 7.24. The molecule has 0 aliphatic rings. The summed E-state index contributed by atoms with van der Waals surface area (Å²) in [5.41, 5.74) is 0. The molecule has 6 nitrogen and oxygen atoms in total. The lowest BCUT2D eigenvalue weighted by Crippen LogP contribution is -2.38. The van der Waals surface area contributed by atoms with Crippen LogP contribution >= 0.6 is 0 Å². The van der Waals surface area contributed by atoms with Crippen LogP contribution in [0.4, 0.5) is 0 Å². The standard InChI is InChI=1S/C14H23N3O3/c1-4-15-14(17-10-11(2)13(18)19-3)16-8-7-12-6-5-9-20-12/h5-6,9,11H,4,7-8,10H2,1-3H3,(H2,15,16,17). The van der Waals surface area contributed by atoms with Crippen molar-refractivity contribution in [2.45, 2.75) is 20.3 Å². The number of ether oxygens (including phenoxy) is 1. The summed E-state index contributed by atoms with van der Waals surface area (Å²) >= 11 is 0. The van der Waals surface area contributed by atoms with Crippen LogP contribution in [-0.2, 0) is 16.0 Å². The van der Waals surface area contributed by atoms with Crippen LogP contribution in [-0.4, -0.2) is 38.7 Å². The Morgan fingerprint density at radius 3 is 2.90 bits per heavy atom. The van der Waals surface area contributed by atoms with Gasteiger partial charge in [-0.25, -0.2) is 0 Å². The lowest BCUT2D eigenvalue weighted by Gasteiger charge is -2.12. The maximum absolute atomic E-state index is 11.3. The molecule has 0 aliphatic heterocycles. The number of nitrogens with one attached hydrogen (secondary N) is 2. The Balaban J connectivity index is 2.40. The van der Waals surface area contributed by atoms with E-state index >= 15 is 0 Å². The Bertz CT molecular complexity index is 415. The third-order valence-corrected chi connectivity index (χ3v) is 2.71. The highest BCUT2D eigenvalue weighted by atomic mass is 16.5. The molecule has 0 aromatic carbocycles. The van der Waals surface area contributed by atoms with Gasteiger partial charge in [-0.05, 0) is 19.1 Å². The van der Waals surface area contributed by atoms with Crippen molar-refractivity contribution in [2.24, 2.45) is 10.9 Å². The Labute approximate surface area is 119 Å². The summed E-state index contributed by atoms with van der Waals surface area (Å²) in [5, 5.41) is 6.33. The summed E-state index contributed by atoms with van der Waals surface area (Å²) < 4.78 is 9.93. The van der Waals surface area contributed by atoms with Crippen molar-refractivity contribution in [1.82, 2.24) is 10.6 Å². The molecule has 20 heavy (non-hydrogen) atoms. The highest BCUT2D eigenvalue weighted by Crippen LogP contribution is 2.00. The average molecular weight is 281 g/mol. The van der Waals surface area contributed by atoms with Crippen molar-refractivity contribution in [3.8, 4) is 0 Å². The van der Waals surface area contributed by atoms with Crippen molar-refractivity contribution in [1.29, 1.82) is 0 Å². The van der Waals surface area contributed by atoms with E-state index in [4.69, 9.17) is 4.42 Å². The number of aliphatic imine (C=N–C) groups is 1. The van der Waals surface area contributed by atoms with Crippen molar-refractivity contribution < 1.29 is 13.9 Å². The molecule has 0 spiro atoms. The normalized spacial score (nSPS) is 12.8. The largest absolute Gasteiger partial charge is 0.469 e. The summed E-state index contributed by atoms with van der Waals surface area (Å²) in [6, 6.07) is 3.80. The van der Waals surface area contributed by atoms with Gasteiger partial charge in [0.1, 0.15) is 5.76 Å². The van der Waals surface area contributed by atoms with Gasteiger partial charge in [-0.2, -0.15) is 0 Å². The first-order valence-electron chi connectivity index (χ1n) is 6.79. The number of nitrogens with zero attached hydrogens (tertiary/aromatic N) is 1. The van der Waals surface area contributed by atoms with E-state index in [1.165, 1.54) is 7.11 Å². The smallest absolute Gasteiger partial charge is 0.310 e. The van der Waals surface area contributed by atoms with Crippen LogP contribution < -0.4 is 10.6 Å². The van der Waals surface area contributed by atoms with Crippen LogP contribution in [0.2, 0.25) is 0 Å². The average Bonchev–Trinajstić information content (AvgIpc) is 2.96. The zero-order chi connectivity index (χ0) is 14.8. The molecule has 1 aromatic heterocycles. The highest BCUT2D eigenvalue weighted by Gasteiger charge is 2.12. The van der Waals surface area contributed by atoms with Crippen molar-refractivity contribution in [3.05, 3.63) is 24.2 Å². The summed E-state index contributed by atoms with van der Waals surface area (Å²) in [5.74, 6) is 1.12. The predicted octanol–water partition coefficient (Wildman–Crippen LogP) is 1.19. The van der Waals surface area contributed by atoms with E-state index in [9.17, 15) is 4.79 Å². The van der Waals surface area contributed by atoms with E-state index in [1.807, 2.05) is 19.1 Å². The lowest BCUT2D eigenvalue weighted by atomic mass is 10.2. The second kappa shape index (κ2) is 9.01. The topological polar surface area (TPSA) is 75.9 Å². The van der Waals surface area contributed by atoms with Crippen LogP contribution in [0.25, 0.3) is 0 Å². The van der Waals surface area contributed by atoms with Gasteiger partial charge in [0, 0.05) is 19.5 Å². The van der Waals surface area contributed by atoms with Gasteiger partial charge >= 0.3 is 5.97 Å². The molecule has 0 saturated carbocycles. The quantitative estimate of drug-likeness (QED) is 0.446. The molecule has 2 N–H and O–H groups in total. The fraction of sp³-hybridized carbons (Fsp3) is 0.571. The maximum Gasteiger partial charge on any atom is 0.310 e. The lowest BCUT2D eigenvalue weighted by molar-refractivity contribution is -0.144. The van der Waals surface area contributed by atoms with Crippen molar-refractivity contribution in [3.63, 3.8) is 0 Å². The molecule has 1 aromatic rings. The second-order valence-corrected chi connectivity index (χ2v) is 4.40. The first-order valence-corrected chi connectivity index (χ1v) is 6.79. The van der Waals surface area contributed by atoms with Gasteiger partial charge in [0.15, 0.2) is 5.96 Å².